The number of nitrogens with zero attached hydrogens (tertiary/aromatic N) is 3. The van der Waals surface area contributed by atoms with Gasteiger partial charge in [-0.25, -0.2) is 14.6 Å². The maximum Gasteiger partial charge on any atom is 0.353 e. The zero-order valence-electron chi connectivity index (χ0n) is 14.0. The molecule has 0 aliphatic rings. The minimum absolute atomic E-state index is 0.111. The van der Waals surface area contributed by atoms with Gasteiger partial charge in [-0.15, -0.1) is 0 Å². The molecule has 10 nitrogen and oxygen atoms in total. The van der Waals surface area contributed by atoms with Crippen LogP contribution in [0.5, 0.6) is 5.88 Å². The molecule has 0 atom stereocenters. The first-order valence-corrected chi connectivity index (χ1v) is 7.67. The summed E-state index contributed by atoms with van der Waals surface area (Å²) in [5, 5.41) is 21.3. The zero-order chi connectivity index (χ0) is 19.6. The number of hydrogen-bond acceptors (Lipinski definition) is 7. The lowest BCUT2D eigenvalue weighted by Crippen LogP contribution is -2.25. The van der Waals surface area contributed by atoms with Gasteiger partial charge in [-0.1, -0.05) is 12.1 Å². The van der Waals surface area contributed by atoms with Gasteiger partial charge in [0.2, 0.25) is 11.7 Å². The van der Waals surface area contributed by atoms with Crippen molar-refractivity contribution in [1.82, 2.24) is 19.7 Å². The molecule has 3 aromatic rings. The molecule has 0 aliphatic heterocycles. The molecule has 0 saturated heterocycles. The van der Waals surface area contributed by atoms with Crippen molar-refractivity contribution in [1.29, 1.82) is 0 Å². The second-order valence-electron chi connectivity index (χ2n) is 5.47. The number of aromatic nitrogens is 3. The van der Waals surface area contributed by atoms with Crippen LogP contribution in [0.4, 0.5) is 0 Å². The zero-order valence-corrected chi connectivity index (χ0v) is 14.0. The molecular weight excluding hydrogens is 356 g/mol. The third kappa shape index (κ3) is 3.68. The van der Waals surface area contributed by atoms with Crippen molar-refractivity contribution in [3.8, 4) is 5.88 Å². The van der Waals surface area contributed by atoms with Gasteiger partial charge >= 0.3 is 11.9 Å². The highest BCUT2D eigenvalue weighted by Gasteiger charge is 2.18. The van der Waals surface area contributed by atoms with E-state index in [2.05, 4.69) is 20.0 Å². The number of ether oxygens (including phenoxy) is 1. The first-order valence-electron chi connectivity index (χ1n) is 7.67. The summed E-state index contributed by atoms with van der Waals surface area (Å²) >= 11 is 0. The van der Waals surface area contributed by atoms with Crippen LogP contribution in [0.15, 0.2) is 36.5 Å². The number of amides is 1. The first-order chi connectivity index (χ1) is 12.9. The van der Waals surface area contributed by atoms with Gasteiger partial charge in [0.1, 0.15) is 11.4 Å². The predicted molar refractivity (Wildman–Crippen MR) is 90.6 cm³/mol. The number of carboxylic acids is 1. The smallest absolute Gasteiger partial charge is 0.353 e. The van der Waals surface area contributed by atoms with E-state index in [9.17, 15) is 24.6 Å². The highest BCUT2D eigenvalue weighted by molar-refractivity contribution is 5.96. The fraction of sp³-hybridized carbons (Fsp3) is 0.118. The Kier molecular flexibility index (Phi) is 4.71. The molecule has 3 N–H and O–H groups in total. The number of imidazole rings is 1. The highest BCUT2D eigenvalue weighted by atomic mass is 16.5. The summed E-state index contributed by atoms with van der Waals surface area (Å²) in [6.45, 7) is 0.134. The lowest BCUT2D eigenvalue weighted by molar-refractivity contribution is 0.0599. The first kappa shape index (κ1) is 17.9. The van der Waals surface area contributed by atoms with Gasteiger partial charge in [0, 0.05) is 12.6 Å². The van der Waals surface area contributed by atoms with E-state index in [-0.39, 0.29) is 23.7 Å². The van der Waals surface area contributed by atoms with Gasteiger partial charge in [0.15, 0.2) is 0 Å². The molecule has 10 heteroatoms. The maximum atomic E-state index is 12.3. The average molecular weight is 370 g/mol. The quantitative estimate of drug-likeness (QED) is 0.561. The lowest BCUT2D eigenvalue weighted by atomic mass is 10.1. The van der Waals surface area contributed by atoms with Crippen molar-refractivity contribution in [2.75, 3.05) is 7.11 Å². The molecule has 138 valence electrons. The normalized spacial score (nSPS) is 10.6. The molecule has 1 aromatic carbocycles. The monoisotopic (exact) mass is 370 g/mol. The van der Waals surface area contributed by atoms with E-state index < -0.39 is 23.7 Å². The number of fused-ring (bicyclic) bond motifs is 1. The van der Waals surface area contributed by atoms with Crippen LogP contribution in [0.25, 0.3) is 5.78 Å². The standard InChI is InChI=1S/C17H14N4O6/c1-27-16(26)10-4-2-9(3-5-10)7-18-14(23)11-6-12(15(24)25)21-8-13(22)20-17(21)19-11/h2-6,8,22H,7H2,1H3,(H,18,23)(H,24,25). The Balaban J connectivity index is 1.78. The Labute approximate surface area is 152 Å². The molecule has 0 spiro atoms. The number of carboxylic acid groups (broad SMARTS) is 1. The van der Waals surface area contributed by atoms with Crippen molar-refractivity contribution < 1.29 is 29.3 Å². The summed E-state index contributed by atoms with van der Waals surface area (Å²) in [5.41, 5.74) is 0.677. The van der Waals surface area contributed by atoms with Crippen molar-refractivity contribution >= 4 is 23.6 Å². The Hall–Kier alpha value is -3.95. The number of carbonyl (C=O) groups is 3. The minimum atomic E-state index is -1.30. The van der Waals surface area contributed by atoms with E-state index in [0.29, 0.717) is 11.1 Å². The van der Waals surface area contributed by atoms with E-state index >= 15 is 0 Å². The number of benzene rings is 1. The third-order valence-electron chi connectivity index (χ3n) is 3.71. The number of carbonyl (C=O) groups excluding carboxylic acids is 2. The second kappa shape index (κ2) is 7.12. The molecule has 1 amide bonds. The van der Waals surface area contributed by atoms with Crippen molar-refractivity contribution in [3.05, 3.63) is 59.0 Å². The summed E-state index contributed by atoms with van der Waals surface area (Å²) in [7, 11) is 1.28. The summed E-state index contributed by atoms with van der Waals surface area (Å²) in [6.07, 6.45) is 1.09. The van der Waals surface area contributed by atoms with Crippen LogP contribution < -0.4 is 5.32 Å². The molecular formula is C17H14N4O6. The van der Waals surface area contributed by atoms with Crippen molar-refractivity contribution in [3.63, 3.8) is 0 Å². The predicted octanol–water partition coefficient (Wildman–Crippen LogP) is 0.850. The molecule has 27 heavy (non-hydrogen) atoms. The number of aromatic hydroxyl groups is 1. The van der Waals surface area contributed by atoms with Crippen LogP contribution in [0, 0.1) is 0 Å². The Morgan fingerprint density at radius 3 is 2.52 bits per heavy atom. The fourth-order valence-corrected chi connectivity index (χ4v) is 2.38. The van der Waals surface area contributed by atoms with E-state index in [4.69, 9.17) is 0 Å². The second-order valence-corrected chi connectivity index (χ2v) is 5.47. The van der Waals surface area contributed by atoms with Crippen LogP contribution in [0.1, 0.15) is 36.9 Å². The van der Waals surface area contributed by atoms with E-state index in [1.165, 1.54) is 7.11 Å². The Morgan fingerprint density at radius 2 is 1.89 bits per heavy atom. The SMILES string of the molecule is COC(=O)c1ccc(CNC(=O)c2cc(C(=O)O)n3cc(O)nc3n2)cc1. The summed E-state index contributed by atoms with van der Waals surface area (Å²) in [5.74, 6) is -2.90. The number of rotatable bonds is 5. The number of hydrogen-bond donors (Lipinski definition) is 3. The third-order valence-corrected chi connectivity index (χ3v) is 3.71. The largest absolute Gasteiger partial charge is 0.492 e. The highest BCUT2D eigenvalue weighted by Crippen LogP contribution is 2.13. The summed E-state index contributed by atoms with van der Waals surface area (Å²) in [6, 6.07) is 7.52. The Bertz CT molecular complexity index is 1040. The van der Waals surface area contributed by atoms with E-state index in [0.717, 1.165) is 16.7 Å². The van der Waals surface area contributed by atoms with E-state index in [1.54, 1.807) is 24.3 Å². The molecule has 3 rings (SSSR count). The van der Waals surface area contributed by atoms with Gasteiger partial charge in [0.25, 0.3) is 5.91 Å². The van der Waals surface area contributed by atoms with E-state index in [1.807, 2.05) is 0 Å². The van der Waals surface area contributed by atoms with Gasteiger partial charge in [-0.05, 0) is 17.7 Å². The average Bonchev–Trinajstić information content (AvgIpc) is 3.04. The minimum Gasteiger partial charge on any atom is -0.492 e. The van der Waals surface area contributed by atoms with Crippen LogP contribution in [-0.2, 0) is 11.3 Å². The number of methoxy groups -OCH3 is 1. The number of esters is 1. The van der Waals surface area contributed by atoms with Gasteiger partial charge in [-0.2, -0.15) is 4.98 Å². The molecule has 0 fully saturated rings. The van der Waals surface area contributed by atoms with Crippen LogP contribution in [0.2, 0.25) is 0 Å². The molecule has 0 unspecified atom stereocenters. The van der Waals surface area contributed by atoms with Gasteiger partial charge in [-0.3, -0.25) is 9.20 Å². The molecule has 0 saturated carbocycles. The number of nitrogens with one attached hydrogen (secondary N) is 1. The Morgan fingerprint density at radius 1 is 1.19 bits per heavy atom. The molecule has 0 bridgehead atoms. The maximum absolute atomic E-state index is 12.3. The van der Waals surface area contributed by atoms with Crippen LogP contribution in [-0.4, -0.2) is 49.5 Å². The summed E-state index contributed by atoms with van der Waals surface area (Å²) in [4.78, 5) is 42.7. The van der Waals surface area contributed by atoms with Crippen LogP contribution in [0.3, 0.4) is 0 Å². The molecule has 0 aliphatic carbocycles. The van der Waals surface area contributed by atoms with Crippen molar-refractivity contribution in [2.45, 2.75) is 6.54 Å². The topological polar surface area (TPSA) is 143 Å². The fourth-order valence-electron chi connectivity index (χ4n) is 2.38. The number of aromatic carboxylic acids is 1. The lowest BCUT2D eigenvalue weighted by Gasteiger charge is -2.07. The van der Waals surface area contributed by atoms with Crippen LogP contribution >= 0.6 is 0 Å². The van der Waals surface area contributed by atoms with Gasteiger partial charge in [0.05, 0.1) is 18.9 Å². The summed E-state index contributed by atoms with van der Waals surface area (Å²) < 4.78 is 5.68. The van der Waals surface area contributed by atoms with Gasteiger partial charge < -0.3 is 20.3 Å². The van der Waals surface area contributed by atoms with Crippen molar-refractivity contribution in [2.24, 2.45) is 0 Å². The molecule has 2 heterocycles. The molecule has 0 radical (unpaired) electrons. The molecule has 2 aromatic heterocycles.